The summed E-state index contributed by atoms with van der Waals surface area (Å²) in [5, 5.41) is 0. The molecule has 0 nitrogen and oxygen atoms in total. The Morgan fingerprint density at radius 3 is 2.09 bits per heavy atom. The average molecular weight is 272 g/mol. The topological polar surface area (TPSA) is 0 Å². The Morgan fingerprint density at radius 2 is 1.82 bits per heavy atom. The molecule has 0 saturated heterocycles. The van der Waals surface area contributed by atoms with Crippen molar-refractivity contribution in [2.75, 3.05) is 0 Å². The van der Waals surface area contributed by atoms with E-state index in [9.17, 15) is 0 Å². The molecular weight excluding hydrogens is 263 g/mol. The molecular formula is C7H9Cl3Ge. The van der Waals surface area contributed by atoms with E-state index in [-0.39, 0.29) is 0 Å². The van der Waals surface area contributed by atoms with Crippen molar-refractivity contribution in [1.82, 2.24) is 0 Å². The number of hydrogen-bond donors (Lipinski definition) is 0. The van der Waals surface area contributed by atoms with Gasteiger partial charge in [-0.3, -0.25) is 0 Å². The van der Waals surface area contributed by atoms with Crippen molar-refractivity contribution in [3.63, 3.8) is 0 Å². The quantitative estimate of drug-likeness (QED) is 0.505. The van der Waals surface area contributed by atoms with Gasteiger partial charge in [0.25, 0.3) is 0 Å². The van der Waals surface area contributed by atoms with Crippen molar-refractivity contribution < 1.29 is 0 Å². The van der Waals surface area contributed by atoms with Crippen molar-refractivity contribution in [2.45, 2.75) is 17.6 Å². The fourth-order valence-corrected chi connectivity index (χ4v) is 8.80. The van der Waals surface area contributed by atoms with Gasteiger partial charge in [-0.2, -0.15) is 0 Å². The first-order valence-corrected chi connectivity index (χ1v) is 13.3. The molecule has 0 N–H and O–H groups in total. The zero-order chi connectivity index (χ0) is 8.06. The Bertz CT molecular complexity index is 196. The summed E-state index contributed by atoms with van der Waals surface area (Å²) < 4.78 is 0.440. The van der Waals surface area contributed by atoms with E-state index in [1.165, 1.54) is 6.42 Å². The maximum atomic E-state index is 6.02. The fourth-order valence-electron chi connectivity index (χ4n) is 2.16. The van der Waals surface area contributed by atoms with Gasteiger partial charge in [0, 0.05) is 0 Å². The van der Waals surface area contributed by atoms with Gasteiger partial charge in [-0.25, -0.2) is 0 Å². The molecule has 1 saturated carbocycles. The molecule has 2 bridgehead atoms. The summed E-state index contributed by atoms with van der Waals surface area (Å²) in [5.41, 5.74) is 0. The van der Waals surface area contributed by atoms with Gasteiger partial charge < -0.3 is 0 Å². The van der Waals surface area contributed by atoms with Crippen LogP contribution in [-0.4, -0.2) is 10.5 Å². The predicted octanol–water partition coefficient (Wildman–Crippen LogP) is 3.61. The molecule has 0 heterocycles. The van der Waals surface area contributed by atoms with E-state index in [1.54, 1.807) is 0 Å². The fraction of sp³-hybridized carbons (Fsp3) is 0.714. The summed E-state index contributed by atoms with van der Waals surface area (Å²) in [6.07, 6.45) is 6.90. The number of halogens is 3. The van der Waals surface area contributed by atoms with Gasteiger partial charge in [-0.05, 0) is 0 Å². The molecule has 0 unspecified atom stereocenters. The summed E-state index contributed by atoms with van der Waals surface area (Å²) in [5.74, 6) is 1.33. The van der Waals surface area contributed by atoms with Crippen LogP contribution in [0.2, 0.25) is 4.75 Å². The molecule has 2 aliphatic rings. The second-order valence-electron chi connectivity index (χ2n) is 3.43. The van der Waals surface area contributed by atoms with Gasteiger partial charge >= 0.3 is 82.1 Å². The van der Waals surface area contributed by atoms with E-state index in [2.05, 4.69) is 12.2 Å². The molecule has 0 aromatic carbocycles. The Balaban J connectivity index is 2.15. The number of rotatable bonds is 1. The zero-order valence-electron chi connectivity index (χ0n) is 5.93. The van der Waals surface area contributed by atoms with Gasteiger partial charge in [-0.1, -0.05) is 0 Å². The summed E-state index contributed by atoms with van der Waals surface area (Å²) in [4.78, 5) is 0. The van der Waals surface area contributed by atoms with Crippen LogP contribution in [0.4, 0.5) is 0 Å². The third-order valence-corrected chi connectivity index (χ3v) is 10.2. The molecule has 62 valence electrons. The van der Waals surface area contributed by atoms with Gasteiger partial charge in [0.05, 0.1) is 0 Å². The van der Waals surface area contributed by atoms with Crippen molar-refractivity contribution in [1.29, 1.82) is 0 Å². The van der Waals surface area contributed by atoms with E-state index >= 15 is 0 Å². The summed E-state index contributed by atoms with van der Waals surface area (Å²) in [7, 11) is 15.2. The first-order chi connectivity index (χ1) is 5.07. The van der Waals surface area contributed by atoms with Gasteiger partial charge in [-0.15, -0.1) is 0 Å². The molecule has 11 heavy (non-hydrogen) atoms. The van der Waals surface area contributed by atoms with Crippen LogP contribution in [0.25, 0.3) is 0 Å². The van der Waals surface area contributed by atoms with Crippen LogP contribution in [0.1, 0.15) is 12.8 Å². The van der Waals surface area contributed by atoms with Crippen LogP contribution in [0.5, 0.6) is 0 Å². The van der Waals surface area contributed by atoms with Crippen LogP contribution in [0, 0.1) is 11.8 Å². The Labute approximate surface area is 81.8 Å². The SMILES string of the molecule is [Cl][Ge]([Cl])([Cl])[C@H]1C[C@@H]2C=C[C@H]1C2. The Morgan fingerprint density at radius 1 is 1.09 bits per heavy atom. The minimum absolute atomic E-state index is 0.440. The zero-order valence-corrected chi connectivity index (χ0v) is 10.3. The number of allylic oxidation sites excluding steroid dienone is 2. The van der Waals surface area contributed by atoms with Crippen molar-refractivity contribution in [3.8, 4) is 0 Å². The van der Waals surface area contributed by atoms with Crippen LogP contribution in [0.15, 0.2) is 12.2 Å². The van der Waals surface area contributed by atoms with Crippen LogP contribution < -0.4 is 0 Å². The molecule has 2 rings (SSSR count). The van der Waals surface area contributed by atoms with Gasteiger partial charge in [0.1, 0.15) is 0 Å². The molecule has 1 fully saturated rings. The molecule has 0 radical (unpaired) electrons. The molecule has 0 amide bonds. The summed E-state index contributed by atoms with van der Waals surface area (Å²) >= 11 is 0. The van der Waals surface area contributed by atoms with Gasteiger partial charge in [0.15, 0.2) is 0 Å². The number of fused-ring (bicyclic) bond motifs is 2. The summed E-state index contributed by atoms with van der Waals surface area (Å²) in [6, 6.07) is 0. The molecule has 0 aromatic rings. The van der Waals surface area contributed by atoms with E-state index < -0.39 is 10.5 Å². The van der Waals surface area contributed by atoms with Crippen molar-refractivity contribution in [3.05, 3.63) is 12.2 Å². The third kappa shape index (κ3) is 1.60. The Hall–Kier alpha value is 1.15. The average Bonchev–Trinajstić information content (AvgIpc) is 2.42. The molecule has 0 spiro atoms. The monoisotopic (exact) mass is 272 g/mol. The van der Waals surface area contributed by atoms with E-state index in [0.29, 0.717) is 10.7 Å². The summed E-state index contributed by atoms with van der Waals surface area (Å²) in [6.45, 7) is 0. The molecule has 0 aromatic heterocycles. The third-order valence-electron chi connectivity index (χ3n) is 2.70. The van der Waals surface area contributed by atoms with E-state index in [1.807, 2.05) is 0 Å². The second kappa shape index (κ2) is 2.83. The van der Waals surface area contributed by atoms with Crippen LogP contribution >= 0.6 is 30.0 Å². The standard InChI is InChI=1S/C7H9Cl3Ge/c8-11(9,10)7-4-5-1-2-6(7)3-5/h1-2,5-7H,3-4H2/t5-,6+,7+/m1/s1. The van der Waals surface area contributed by atoms with E-state index in [0.717, 1.165) is 12.3 Å². The van der Waals surface area contributed by atoms with Crippen molar-refractivity contribution >= 4 is 40.5 Å². The first kappa shape index (κ1) is 8.74. The molecule has 4 heteroatoms. The van der Waals surface area contributed by atoms with Crippen LogP contribution in [-0.2, 0) is 0 Å². The van der Waals surface area contributed by atoms with Gasteiger partial charge in [0.2, 0.25) is 0 Å². The second-order valence-corrected chi connectivity index (χ2v) is 19.6. The maximum absolute atomic E-state index is 6.02. The van der Waals surface area contributed by atoms with E-state index in [4.69, 9.17) is 30.0 Å². The number of hydrogen-bond acceptors (Lipinski definition) is 0. The first-order valence-electron chi connectivity index (χ1n) is 3.82. The van der Waals surface area contributed by atoms with Crippen molar-refractivity contribution in [2.24, 2.45) is 11.8 Å². The Kier molecular flexibility index (Phi) is 2.25. The molecule has 0 aliphatic heterocycles. The molecule has 3 atom stereocenters. The predicted molar refractivity (Wildman–Crippen MR) is 52.4 cm³/mol. The minimum atomic E-state index is -2.89. The molecule has 2 aliphatic carbocycles. The normalized spacial score (nSPS) is 41.9. The van der Waals surface area contributed by atoms with Crippen LogP contribution in [0.3, 0.4) is 0 Å².